The lowest BCUT2D eigenvalue weighted by Crippen LogP contribution is -2.44. The summed E-state index contributed by atoms with van der Waals surface area (Å²) >= 11 is 0. The van der Waals surface area contributed by atoms with Crippen molar-refractivity contribution in [2.24, 2.45) is 0 Å². The fraction of sp³-hybridized carbons (Fsp3) is 0.300. The smallest absolute Gasteiger partial charge is 0.377 e. The van der Waals surface area contributed by atoms with Crippen molar-refractivity contribution in [3.63, 3.8) is 0 Å². The van der Waals surface area contributed by atoms with Crippen LogP contribution in [0.3, 0.4) is 0 Å². The number of hydrogen-bond acceptors (Lipinski definition) is 6. The Labute approximate surface area is 174 Å². The number of morpholine rings is 1. The Balaban J connectivity index is 1.78. The Bertz CT molecular complexity index is 1220. The first-order valence-electron chi connectivity index (χ1n) is 9.69. The number of alkyl halides is 3. The number of imidazole rings is 1. The van der Waals surface area contributed by atoms with Crippen LogP contribution in [0, 0.1) is 0 Å². The Kier molecular flexibility index (Phi) is 4.62. The summed E-state index contributed by atoms with van der Waals surface area (Å²) in [6.07, 6.45) is -0.371. The van der Waals surface area contributed by atoms with Crippen molar-refractivity contribution in [3.05, 3.63) is 48.5 Å². The molecule has 11 heteroatoms. The summed E-state index contributed by atoms with van der Waals surface area (Å²) in [6, 6.07) is 6.32. The summed E-state index contributed by atoms with van der Waals surface area (Å²) in [5, 5.41) is 11.5. The van der Waals surface area contributed by atoms with Crippen LogP contribution in [0.4, 0.5) is 19.0 Å². The van der Waals surface area contributed by atoms with E-state index in [1.807, 2.05) is 11.8 Å². The van der Waals surface area contributed by atoms with Crippen LogP contribution in [-0.2, 0) is 10.9 Å². The standard InChI is InChI=1S/C20H18F3N7O/c1-12-11-31-8-7-29(12)17-9-14(13-3-2-5-24-18(13)20(21,22)23)16-10-25-19(30(16)28-17)15-4-6-26-27-15/h2-6,9-10,12H,7-8,11H2,1H3,(H,26,27). The zero-order chi connectivity index (χ0) is 21.6. The van der Waals surface area contributed by atoms with Gasteiger partial charge in [0.2, 0.25) is 0 Å². The molecule has 31 heavy (non-hydrogen) atoms. The molecule has 0 bridgehead atoms. The van der Waals surface area contributed by atoms with E-state index in [9.17, 15) is 13.2 Å². The van der Waals surface area contributed by atoms with Crippen LogP contribution in [0.25, 0.3) is 28.2 Å². The molecule has 1 saturated heterocycles. The summed E-state index contributed by atoms with van der Waals surface area (Å²) < 4.78 is 48.3. The van der Waals surface area contributed by atoms with E-state index in [-0.39, 0.29) is 11.6 Å². The van der Waals surface area contributed by atoms with Gasteiger partial charge in [0.1, 0.15) is 5.69 Å². The molecule has 1 aliphatic heterocycles. The number of halogens is 3. The van der Waals surface area contributed by atoms with E-state index >= 15 is 0 Å². The largest absolute Gasteiger partial charge is 0.433 e. The molecule has 1 atom stereocenters. The second-order valence-electron chi connectivity index (χ2n) is 7.28. The molecule has 4 aromatic rings. The van der Waals surface area contributed by atoms with Crippen molar-refractivity contribution in [3.8, 4) is 22.6 Å². The first-order valence-corrected chi connectivity index (χ1v) is 9.69. The lowest BCUT2D eigenvalue weighted by atomic mass is 10.0. The first-order chi connectivity index (χ1) is 14.9. The van der Waals surface area contributed by atoms with Crippen molar-refractivity contribution >= 4 is 11.3 Å². The molecule has 4 aromatic heterocycles. The van der Waals surface area contributed by atoms with Crippen LogP contribution in [-0.4, -0.2) is 55.6 Å². The zero-order valence-corrected chi connectivity index (χ0v) is 16.5. The third kappa shape index (κ3) is 3.40. The normalized spacial score (nSPS) is 17.4. The molecule has 5 heterocycles. The van der Waals surface area contributed by atoms with E-state index in [1.165, 1.54) is 18.3 Å². The topological polar surface area (TPSA) is 84.2 Å². The van der Waals surface area contributed by atoms with Gasteiger partial charge >= 0.3 is 6.18 Å². The molecular formula is C20H18F3N7O. The highest BCUT2D eigenvalue weighted by Crippen LogP contribution is 2.38. The molecule has 1 aliphatic rings. The Morgan fingerprint density at radius 3 is 2.77 bits per heavy atom. The minimum Gasteiger partial charge on any atom is -0.377 e. The molecule has 1 unspecified atom stereocenters. The molecule has 1 fully saturated rings. The highest BCUT2D eigenvalue weighted by atomic mass is 19.4. The number of hydrogen-bond donors (Lipinski definition) is 1. The van der Waals surface area contributed by atoms with Crippen LogP contribution in [0.2, 0.25) is 0 Å². The third-order valence-electron chi connectivity index (χ3n) is 5.26. The summed E-state index contributed by atoms with van der Waals surface area (Å²) in [5.74, 6) is 0.989. The van der Waals surface area contributed by atoms with Gasteiger partial charge in [0.25, 0.3) is 0 Å². The average Bonchev–Trinajstić information content (AvgIpc) is 3.42. The second kappa shape index (κ2) is 7.34. The van der Waals surface area contributed by atoms with Gasteiger partial charge in [0.05, 0.1) is 31.0 Å². The molecule has 1 N–H and O–H groups in total. The molecule has 0 aliphatic carbocycles. The first kappa shape index (κ1) is 19.5. The van der Waals surface area contributed by atoms with Crippen LogP contribution >= 0.6 is 0 Å². The van der Waals surface area contributed by atoms with E-state index in [0.717, 1.165) is 6.20 Å². The maximum Gasteiger partial charge on any atom is 0.433 e. The predicted octanol–water partition coefficient (Wildman–Crippen LogP) is 3.43. The number of rotatable bonds is 3. The number of nitrogens with one attached hydrogen (secondary N) is 1. The van der Waals surface area contributed by atoms with Crippen molar-refractivity contribution in [1.82, 2.24) is 29.8 Å². The van der Waals surface area contributed by atoms with E-state index in [2.05, 4.69) is 20.2 Å². The second-order valence-corrected chi connectivity index (χ2v) is 7.28. The van der Waals surface area contributed by atoms with Crippen molar-refractivity contribution in [2.45, 2.75) is 19.1 Å². The van der Waals surface area contributed by atoms with Gasteiger partial charge in [-0.3, -0.25) is 10.1 Å². The molecule has 0 spiro atoms. The number of H-pyrrole nitrogens is 1. The minimum absolute atomic E-state index is 0.0154. The van der Waals surface area contributed by atoms with Crippen molar-refractivity contribution < 1.29 is 17.9 Å². The molecule has 0 radical (unpaired) electrons. The number of aromatic nitrogens is 6. The summed E-state index contributed by atoms with van der Waals surface area (Å²) in [4.78, 5) is 10.0. The summed E-state index contributed by atoms with van der Waals surface area (Å²) in [7, 11) is 0. The molecule has 8 nitrogen and oxygen atoms in total. The van der Waals surface area contributed by atoms with E-state index in [1.54, 1.807) is 22.8 Å². The monoisotopic (exact) mass is 429 g/mol. The summed E-state index contributed by atoms with van der Waals surface area (Å²) in [6.45, 7) is 3.58. The highest BCUT2D eigenvalue weighted by Gasteiger charge is 2.36. The highest BCUT2D eigenvalue weighted by molar-refractivity contribution is 5.84. The fourth-order valence-electron chi connectivity index (χ4n) is 3.80. The lowest BCUT2D eigenvalue weighted by Gasteiger charge is -2.34. The van der Waals surface area contributed by atoms with Gasteiger partial charge in [-0.15, -0.1) is 5.10 Å². The Morgan fingerprint density at radius 2 is 2.03 bits per heavy atom. The molecule has 160 valence electrons. The van der Waals surface area contributed by atoms with E-state index < -0.39 is 11.9 Å². The fourth-order valence-corrected chi connectivity index (χ4v) is 3.80. The molecule has 5 rings (SSSR count). The zero-order valence-electron chi connectivity index (χ0n) is 16.5. The molecule has 0 saturated carbocycles. The van der Waals surface area contributed by atoms with Gasteiger partial charge in [0.15, 0.2) is 17.3 Å². The van der Waals surface area contributed by atoms with Crippen molar-refractivity contribution in [2.75, 3.05) is 24.7 Å². The van der Waals surface area contributed by atoms with Crippen LogP contribution in [0.15, 0.2) is 42.9 Å². The number of aromatic amines is 1. The van der Waals surface area contributed by atoms with Gasteiger partial charge in [-0.2, -0.15) is 18.3 Å². The Hall–Kier alpha value is -3.47. The number of fused-ring (bicyclic) bond motifs is 1. The van der Waals surface area contributed by atoms with Crippen molar-refractivity contribution in [1.29, 1.82) is 0 Å². The number of pyridine rings is 1. The molecule has 0 aromatic carbocycles. The van der Waals surface area contributed by atoms with Gasteiger partial charge in [-0.1, -0.05) is 6.07 Å². The van der Waals surface area contributed by atoms with E-state index in [4.69, 9.17) is 9.84 Å². The van der Waals surface area contributed by atoms with Gasteiger partial charge in [-0.25, -0.2) is 9.50 Å². The predicted molar refractivity (Wildman–Crippen MR) is 106 cm³/mol. The van der Waals surface area contributed by atoms with Gasteiger partial charge in [0, 0.05) is 30.1 Å². The van der Waals surface area contributed by atoms with Gasteiger partial charge in [-0.05, 0) is 25.1 Å². The molecule has 0 amide bonds. The maximum absolute atomic E-state index is 13.7. The number of anilines is 1. The number of ether oxygens (including phenoxy) is 1. The molecular weight excluding hydrogens is 411 g/mol. The SMILES string of the molecule is CC1COCCN1c1cc(-c2cccnc2C(F)(F)F)c2cnc(-c3ccn[nH]3)n2n1. The van der Waals surface area contributed by atoms with E-state index in [0.29, 0.717) is 48.2 Å². The Morgan fingerprint density at radius 1 is 1.16 bits per heavy atom. The maximum atomic E-state index is 13.7. The average molecular weight is 429 g/mol. The third-order valence-corrected chi connectivity index (χ3v) is 5.26. The van der Waals surface area contributed by atoms with Crippen LogP contribution in [0.1, 0.15) is 12.6 Å². The van der Waals surface area contributed by atoms with Gasteiger partial charge < -0.3 is 9.64 Å². The number of nitrogens with zero attached hydrogens (tertiary/aromatic N) is 6. The minimum atomic E-state index is -4.60. The quantitative estimate of drug-likeness (QED) is 0.537. The summed E-state index contributed by atoms with van der Waals surface area (Å²) in [5.41, 5.74) is 0.414. The van der Waals surface area contributed by atoms with Crippen LogP contribution < -0.4 is 4.90 Å². The lowest BCUT2D eigenvalue weighted by molar-refractivity contribution is -0.140. The van der Waals surface area contributed by atoms with Crippen LogP contribution in [0.5, 0.6) is 0 Å².